The molecule has 0 atom stereocenters. The van der Waals surface area contributed by atoms with E-state index in [1.807, 2.05) is 0 Å². The van der Waals surface area contributed by atoms with Crippen LogP contribution in [0.4, 0.5) is 5.69 Å². The van der Waals surface area contributed by atoms with Crippen LogP contribution in [0.5, 0.6) is 0 Å². The molecule has 0 aliphatic carbocycles. The summed E-state index contributed by atoms with van der Waals surface area (Å²) in [6.07, 6.45) is 0. The van der Waals surface area contributed by atoms with Gasteiger partial charge in [0.2, 0.25) is 0 Å². The highest BCUT2D eigenvalue weighted by atomic mass is 28.3. The lowest BCUT2D eigenvalue weighted by molar-refractivity contribution is 1.15. The van der Waals surface area contributed by atoms with Gasteiger partial charge in [-0.1, -0.05) is 31.3 Å². The van der Waals surface area contributed by atoms with Crippen LogP contribution in [-0.4, -0.2) is 14.6 Å². The molecule has 1 heterocycles. The first-order valence-electron chi connectivity index (χ1n) is 4.53. The highest BCUT2D eigenvalue weighted by molar-refractivity contribution is 6.91. The second-order valence-corrected chi connectivity index (χ2v) is 8.91. The molecule has 0 radical (unpaired) electrons. The maximum absolute atomic E-state index is 3.45. The maximum atomic E-state index is 3.45. The molecule has 2 heteroatoms. The van der Waals surface area contributed by atoms with E-state index in [9.17, 15) is 0 Å². The third kappa shape index (κ3) is 1.16. The number of hydrogen-bond donors (Lipinski definition) is 1. The molecule has 1 nitrogen and oxygen atoms in total. The summed E-state index contributed by atoms with van der Waals surface area (Å²) in [7, 11) is -1.07. The quantitative estimate of drug-likeness (QED) is 0.598. The molecule has 1 aliphatic rings. The van der Waals surface area contributed by atoms with E-state index >= 15 is 0 Å². The van der Waals surface area contributed by atoms with E-state index in [2.05, 4.69) is 42.7 Å². The minimum absolute atomic E-state index is 1.07. The maximum Gasteiger partial charge on any atom is 0.0850 e. The van der Waals surface area contributed by atoms with Gasteiger partial charge in [0.15, 0.2) is 0 Å². The largest absolute Gasteiger partial charge is 0.385 e. The van der Waals surface area contributed by atoms with Crippen molar-refractivity contribution in [2.75, 3.05) is 11.9 Å². The van der Waals surface area contributed by atoms with Crippen LogP contribution in [0, 0.1) is 0 Å². The second-order valence-electron chi connectivity index (χ2n) is 4.11. The summed E-state index contributed by atoms with van der Waals surface area (Å²) >= 11 is 0. The van der Waals surface area contributed by atoms with Crippen molar-refractivity contribution in [3.8, 4) is 0 Å². The molecule has 1 aliphatic heterocycles. The van der Waals surface area contributed by atoms with Crippen LogP contribution in [0.2, 0.25) is 19.1 Å². The van der Waals surface area contributed by atoms with Crippen molar-refractivity contribution in [1.82, 2.24) is 0 Å². The van der Waals surface area contributed by atoms with Crippen molar-refractivity contribution in [3.63, 3.8) is 0 Å². The van der Waals surface area contributed by atoms with E-state index in [4.69, 9.17) is 0 Å². The van der Waals surface area contributed by atoms with E-state index in [1.54, 1.807) is 5.19 Å². The molecule has 0 amide bonds. The van der Waals surface area contributed by atoms with Crippen molar-refractivity contribution in [2.45, 2.75) is 19.1 Å². The van der Waals surface area contributed by atoms with Gasteiger partial charge in [0.25, 0.3) is 0 Å². The van der Waals surface area contributed by atoms with Crippen molar-refractivity contribution < 1.29 is 0 Å². The third-order valence-corrected chi connectivity index (χ3v) is 6.12. The molecule has 1 aromatic carbocycles. The molecule has 64 valence electrons. The summed E-state index contributed by atoms with van der Waals surface area (Å²) in [4.78, 5) is 0. The van der Waals surface area contributed by atoms with E-state index < -0.39 is 8.07 Å². The van der Waals surface area contributed by atoms with Gasteiger partial charge >= 0.3 is 0 Å². The highest BCUT2D eigenvalue weighted by Gasteiger charge is 2.28. The molecule has 2 rings (SSSR count). The molecular weight excluding hydrogens is 162 g/mol. The fourth-order valence-electron chi connectivity index (χ4n) is 1.87. The summed E-state index contributed by atoms with van der Waals surface area (Å²) in [6.45, 7) is 6.07. The monoisotopic (exact) mass is 177 g/mol. The van der Waals surface area contributed by atoms with Crippen LogP contribution in [0.15, 0.2) is 24.3 Å². The van der Waals surface area contributed by atoms with Gasteiger partial charge in [-0.05, 0) is 17.3 Å². The SMILES string of the molecule is C[Si]1(C)CCNc2ccccc21. The Balaban J connectivity index is 2.52. The fraction of sp³-hybridized carbons (Fsp3) is 0.400. The van der Waals surface area contributed by atoms with Crippen LogP contribution >= 0.6 is 0 Å². The number of nitrogens with one attached hydrogen (secondary N) is 1. The Labute approximate surface area is 74.8 Å². The molecule has 0 spiro atoms. The van der Waals surface area contributed by atoms with Crippen LogP contribution in [-0.2, 0) is 0 Å². The number of benzene rings is 1. The Morgan fingerprint density at radius 3 is 2.75 bits per heavy atom. The van der Waals surface area contributed by atoms with Crippen LogP contribution < -0.4 is 10.5 Å². The number of rotatable bonds is 0. The molecule has 0 fully saturated rings. The van der Waals surface area contributed by atoms with Crippen molar-refractivity contribution in [1.29, 1.82) is 0 Å². The van der Waals surface area contributed by atoms with Crippen LogP contribution in [0.3, 0.4) is 0 Å². The first kappa shape index (κ1) is 7.86. The third-order valence-electron chi connectivity index (χ3n) is 2.72. The second kappa shape index (κ2) is 2.63. The van der Waals surface area contributed by atoms with E-state index in [0.717, 1.165) is 6.54 Å². The average Bonchev–Trinajstić information content (AvgIpc) is 2.04. The molecule has 12 heavy (non-hydrogen) atoms. The van der Waals surface area contributed by atoms with E-state index in [1.165, 1.54) is 11.7 Å². The zero-order valence-electron chi connectivity index (χ0n) is 7.72. The first-order chi connectivity index (χ1) is 5.70. The normalized spacial score (nSPS) is 19.5. The van der Waals surface area contributed by atoms with Gasteiger partial charge in [0, 0.05) is 12.2 Å². The molecule has 0 unspecified atom stereocenters. The predicted octanol–water partition coefficient (Wildman–Crippen LogP) is 2.03. The first-order valence-corrected chi connectivity index (χ1v) is 7.74. The molecule has 0 saturated carbocycles. The minimum Gasteiger partial charge on any atom is -0.385 e. The van der Waals surface area contributed by atoms with Gasteiger partial charge in [-0.3, -0.25) is 0 Å². The van der Waals surface area contributed by atoms with Gasteiger partial charge in [0.1, 0.15) is 0 Å². The predicted molar refractivity (Wildman–Crippen MR) is 56.9 cm³/mol. The number of hydrogen-bond acceptors (Lipinski definition) is 1. The van der Waals surface area contributed by atoms with Crippen molar-refractivity contribution in [2.24, 2.45) is 0 Å². The highest BCUT2D eigenvalue weighted by Crippen LogP contribution is 2.20. The molecule has 0 saturated heterocycles. The van der Waals surface area contributed by atoms with Crippen molar-refractivity contribution >= 4 is 18.9 Å². The summed E-state index contributed by atoms with van der Waals surface area (Å²) in [6, 6.07) is 10.1. The van der Waals surface area contributed by atoms with Crippen LogP contribution in [0.25, 0.3) is 0 Å². The number of fused-ring (bicyclic) bond motifs is 1. The molecule has 1 aromatic rings. The number of anilines is 1. The van der Waals surface area contributed by atoms with Gasteiger partial charge in [-0.2, -0.15) is 0 Å². The summed E-state index contributed by atoms with van der Waals surface area (Å²) in [5.41, 5.74) is 1.38. The fourth-order valence-corrected chi connectivity index (χ4v) is 4.34. The Hall–Kier alpha value is -0.763. The Morgan fingerprint density at radius 1 is 1.25 bits per heavy atom. The summed E-state index contributed by atoms with van der Waals surface area (Å²) < 4.78 is 0. The summed E-state index contributed by atoms with van der Waals surface area (Å²) in [5.74, 6) is 0. The lowest BCUT2D eigenvalue weighted by Gasteiger charge is -2.31. The Kier molecular flexibility index (Phi) is 1.72. The molecular formula is C10H15NSi. The lowest BCUT2D eigenvalue weighted by atomic mass is 10.3. The average molecular weight is 177 g/mol. The Morgan fingerprint density at radius 2 is 2.00 bits per heavy atom. The minimum atomic E-state index is -1.07. The molecule has 0 aromatic heterocycles. The van der Waals surface area contributed by atoms with Crippen molar-refractivity contribution in [3.05, 3.63) is 24.3 Å². The van der Waals surface area contributed by atoms with Gasteiger partial charge in [0.05, 0.1) is 8.07 Å². The zero-order chi connectivity index (χ0) is 8.60. The van der Waals surface area contributed by atoms with Gasteiger partial charge < -0.3 is 5.32 Å². The number of para-hydroxylation sites is 1. The zero-order valence-corrected chi connectivity index (χ0v) is 8.72. The van der Waals surface area contributed by atoms with Gasteiger partial charge in [-0.25, -0.2) is 0 Å². The smallest absolute Gasteiger partial charge is 0.0850 e. The molecule has 0 bridgehead atoms. The van der Waals surface area contributed by atoms with E-state index in [-0.39, 0.29) is 0 Å². The molecule has 1 N–H and O–H groups in total. The van der Waals surface area contributed by atoms with E-state index in [0.29, 0.717) is 0 Å². The lowest BCUT2D eigenvalue weighted by Crippen LogP contribution is -2.47. The topological polar surface area (TPSA) is 12.0 Å². The standard InChI is InChI=1S/C10H15NSi/c1-12(2)8-7-11-9-5-3-4-6-10(9)12/h3-6,11H,7-8H2,1-2H3. The Bertz CT molecular complexity index is 294. The van der Waals surface area contributed by atoms with Crippen LogP contribution in [0.1, 0.15) is 0 Å². The summed E-state index contributed by atoms with van der Waals surface area (Å²) in [5, 5.41) is 5.05. The van der Waals surface area contributed by atoms with Gasteiger partial charge in [-0.15, -0.1) is 0 Å².